The summed E-state index contributed by atoms with van der Waals surface area (Å²) in [6, 6.07) is 1.43. The molecule has 0 radical (unpaired) electrons. The smallest absolute Gasteiger partial charge is 0.340 e. The van der Waals surface area contributed by atoms with E-state index < -0.39 is 5.97 Å². The quantitative estimate of drug-likeness (QED) is 0.861. The number of hydrogen-bond donors (Lipinski definition) is 1. The predicted molar refractivity (Wildman–Crippen MR) is 75.3 cm³/mol. The van der Waals surface area contributed by atoms with Gasteiger partial charge >= 0.3 is 5.97 Å². The zero-order valence-corrected chi connectivity index (χ0v) is 12.3. The number of benzene rings is 1. The summed E-state index contributed by atoms with van der Waals surface area (Å²) in [4.78, 5) is 12.0. The van der Waals surface area contributed by atoms with E-state index in [-0.39, 0.29) is 22.4 Å². The van der Waals surface area contributed by atoms with Gasteiger partial charge in [-0.2, -0.15) is 0 Å². The van der Waals surface area contributed by atoms with E-state index in [2.05, 4.69) is 0 Å². The molecule has 0 unspecified atom stereocenters. The maximum Gasteiger partial charge on any atom is 0.340 e. The molecule has 1 aromatic heterocycles. The molecule has 0 saturated carbocycles. The second kappa shape index (κ2) is 4.94. The molecule has 4 nitrogen and oxygen atoms in total. The molecule has 1 aromatic carbocycles. The van der Waals surface area contributed by atoms with E-state index in [0.717, 1.165) is 0 Å². The number of carbonyl (C=O) groups excluding carboxylic acids is 1. The molecule has 6 heteroatoms. The van der Waals surface area contributed by atoms with E-state index in [1.165, 1.54) is 6.07 Å². The van der Waals surface area contributed by atoms with Crippen LogP contribution in [0.4, 0.5) is 0 Å². The number of carbonyl (C=O) groups is 1. The largest absolute Gasteiger partial charge is 0.506 e. The number of aromatic nitrogens is 1. The minimum absolute atomic E-state index is 0.0742. The summed E-state index contributed by atoms with van der Waals surface area (Å²) < 4.78 is 6.79. The average Bonchev–Trinajstić information content (AvgIpc) is 2.59. The number of aryl methyl sites for hydroxylation is 1. The van der Waals surface area contributed by atoms with Crippen molar-refractivity contribution in [2.24, 2.45) is 7.05 Å². The van der Waals surface area contributed by atoms with Crippen molar-refractivity contribution in [2.45, 2.75) is 13.8 Å². The van der Waals surface area contributed by atoms with Gasteiger partial charge in [-0.25, -0.2) is 4.79 Å². The summed E-state index contributed by atoms with van der Waals surface area (Å²) >= 11 is 12.1. The van der Waals surface area contributed by atoms with Crippen LogP contribution in [-0.2, 0) is 11.8 Å². The third-order valence-corrected chi connectivity index (χ3v) is 3.96. The molecule has 0 atom stereocenters. The van der Waals surface area contributed by atoms with Crippen molar-refractivity contribution in [3.8, 4) is 5.75 Å². The highest BCUT2D eigenvalue weighted by molar-refractivity contribution is 6.46. The van der Waals surface area contributed by atoms with E-state index in [9.17, 15) is 9.90 Å². The third-order valence-electron chi connectivity index (χ3n) is 3.11. The molecule has 1 heterocycles. The van der Waals surface area contributed by atoms with Crippen LogP contribution in [0.1, 0.15) is 23.0 Å². The first-order valence-corrected chi connectivity index (χ1v) is 6.48. The number of ether oxygens (including phenoxy) is 1. The molecule has 0 aliphatic heterocycles. The highest BCUT2D eigenvalue weighted by atomic mass is 35.5. The molecule has 102 valence electrons. The minimum atomic E-state index is -0.441. The fourth-order valence-corrected chi connectivity index (χ4v) is 2.58. The summed E-state index contributed by atoms with van der Waals surface area (Å²) in [6.45, 7) is 3.80. The van der Waals surface area contributed by atoms with Crippen molar-refractivity contribution < 1.29 is 14.6 Å². The lowest BCUT2D eigenvalue weighted by Crippen LogP contribution is -2.06. The lowest BCUT2D eigenvalue weighted by molar-refractivity contribution is 0.0527. The van der Waals surface area contributed by atoms with Gasteiger partial charge < -0.3 is 14.4 Å². The molecular formula is C13H13Cl2NO3. The molecule has 0 saturated heterocycles. The van der Waals surface area contributed by atoms with Gasteiger partial charge in [0, 0.05) is 18.1 Å². The SMILES string of the molecule is CCOC(=O)c1c(C)n(C)c2c(Cl)c(Cl)c(O)cc12. The number of hydrogen-bond acceptors (Lipinski definition) is 3. The zero-order chi connectivity index (χ0) is 14.3. The van der Waals surface area contributed by atoms with Crippen molar-refractivity contribution >= 4 is 40.1 Å². The Bertz CT molecular complexity index is 677. The number of halogens is 2. The second-order valence-corrected chi connectivity index (χ2v) is 4.92. The van der Waals surface area contributed by atoms with Gasteiger partial charge in [-0.05, 0) is 19.9 Å². The molecular weight excluding hydrogens is 289 g/mol. The maximum atomic E-state index is 12.0. The van der Waals surface area contributed by atoms with Crippen LogP contribution in [0.3, 0.4) is 0 Å². The fourth-order valence-electron chi connectivity index (χ4n) is 2.11. The van der Waals surface area contributed by atoms with Gasteiger partial charge in [-0.3, -0.25) is 0 Å². The molecule has 0 bridgehead atoms. The van der Waals surface area contributed by atoms with Gasteiger partial charge in [-0.1, -0.05) is 23.2 Å². The normalized spacial score (nSPS) is 11.0. The number of esters is 1. The van der Waals surface area contributed by atoms with Crippen LogP contribution >= 0.6 is 23.2 Å². The Balaban J connectivity index is 2.86. The van der Waals surface area contributed by atoms with E-state index >= 15 is 0 Å². The van der Waals surface area contributed by atoms with Crippen LogP contribution in [0.2, 0.25) is 10.0 Å². The van der Waals surface area contributed by atoms with Crippen molar-refractivity contribution in [1.29, 1.82) is 0 Å². The number of phenols is 1. The molecule has 0 aliphatic rings. The van der Waals surface area contributed by atoms with Crippen LogP contribution < -0.4 is 0 Å². The lowest BCUT2D eigenvalue weighted by atomic mass is 10.1. The number of nitrogens with zero attached hydrogens (tertiary/aromatic N) is 1. The third kappa shape index (κ3) is 2.05. The van der Waals surface area contributed by atoms with Crippen molar-refractivity contribution in [3.63, 3.8) is 0 Å². The van der Waals surface area contributed by atoms with Gasteiger partial charge in [-0.15, -0.1) is 0 Å². The Labute approximate surface area is 120 Å². The first kappa shape index (κ1) is 14.0. The predicted octanol–water partition coefficient (Wildman–Crippen LogP) is 3.68. The molecule has 0 fully saturated rings. The monoisotopic (exact) mass is 301 g/mol. The minimum Gasteiger partial charge on any atom is -0.506 e. The highest BCUT2D eigenvalue weighted by Gasteiger charge is 2.23. The maximum absolute atomic E-state index is 12.0. The topological polar surface area (TPSA) is 51.5 Å². The fraction of sp³-hybridized carbons (Fsp3) is 0.308. The first-order valence-electron chi connectivity index (χ1n) is 5.73. The summed E-state index contributed by atoms with van der Waals surface area (Å²) in [6.07, 6.45) is 0. The summed E-state index contributed by atoms with van der Waals surface area (Å²) in [5, 5.41) is 10.6. The van der Waals surface area contributed by atoms with Crippen LogP contribution in [0.5, 0.6) is 5.75 Å². The molecule has 1 N–H and O–H groups in total. The van der Waals surface area contributed by atoms with Crippen LogP contribution in [-0.4, -0.2) is 22.2 Å². The Morgan fingerprint density at radius 3 is 2.63 bits per heavy atom. The van der Waals surface area contributed by atoms with Gasteiger partial charge in [0.05, 0.1) is 22.7 Å². The molecule has 2 aromatic rings. The molecule has 0 spiro atoms. The molecule has 0 amide bonds. The Morgan fingerprint density at radius 1 is 1.42 bits per heavy atom. The van der Waals surface area contributed by atoms with Crippen LogP contribution in [0.15, 0.2) is 6.07 Å². The second-order valence-electron chi connectivity index (χ2n) is 4.16. The number of phenolic OH excluding ortho intramolecular Hbond substituents is 1. The number of aromatic hydroxyl groups is 1. The number of fused-ring (bicyclic) bond motifs is 1. The summed E-state index contributed by atoms with van der Waals surface area (Å²) in [5.41, 5.74) is 1.70. The number of rotatable bonds is 2. The van der Waals surface area contributed by atoms with Gasteiger partial charge in [0.25, 0.3) is 0 Å². The first-order chi connectivity index (χ1) is 8.90. The van der Waals surface area contributed by atoms with Crippen molar-refractivity contribution in [2.75, 3.05) is 6.61 Å². The Kier molecular flexibility index (Phi) is 3.65. The molecule has 19 heavy (non-hydrogen) atoms. The van der Waals surface area contributed by atoms with E-state index in [1.54, 1.807) is 25.5 Å². The van der Waals surface area contributed by atoms with Gasteiger partial charge in [0.2, 0.25) is 0 Å². The summed E-state index contributed by atoms with van der Waals surface area (Å²) in [5.74, 6) is -0.598. The van der Waals surface area contributed by atoms with Crippen LogP contribution in [0, 0.1) is 6.92 Å². The van der Waals surface area contributed by atoms with Crippen molar-refractivity contribution in [3.05, 3.63) is 27.4 Å². The Morgan fingerprint density at radius 2 is 2.05 bits per heavy atom. The molecule has 0 aliphatic carbocycles. The van der Waals surface area contributed by atoms with E-state index in [1.807, 2.05) is 0 Å². The zero-order valence-electron chi connectivity index (χ0n) is 10.8. The molecule has 2 rings (SSSR count). The van der Waals surface area contributed by atoms with E-state index in [0.29, 0.717) is 22.2 Å². The lowest BCUT2D eigenvalue weighted by Gasteiger charge is -2.04. The van der Waals surface area contributed by atoms with E-state index in [4.69, 9.17) is 27.9 Å². The Hall–Kier alpha value is -1.39. The highest BCUT2D eigenvalue weighted by Crippen LogP contribution is 2.40. The average molecular weight is 302 g/mol. The van der Waals surface area contributed by atoms with Gasteiger partial charge in [0.1, 0.15) is 10.8 Å². The van der Waals surface area contributed by atoms with Gasteiger partial charge in [0.15, 0.2) is 0 Å². The standard InChI is InChI=1S/C13H13Cl2NO3/c1-4-19-13(18)9-6(2)16(3)12-7(9)5-8(17)10(14)11(12)15/h5,17H,4H2,1-3H3. The van der Waals surface area contributed by atoms with Crippen molar-refractivity contribution in [1.82, 2.24) is 4.57 Å². The van der Waals surface area contributed by atoms with Crippen LogP contribution in [0.25, 0.3) is 10.9 Å². The summed E-state index contributed by atoms with van der Waals surface area (Å²) in [7, 11) is 1.78.